The van der Waals surface area contributed by atoms with Crippen molar-refractivity contribution in [1.82, 2.24) is 4.90 Å². The fourth-order valence-electron chi connectivity index (χ4n) is 1.54. The fourth-order valence-corrected chi connectivity index (χ4v) is 1.54. The molecule has 1 aliphatic rings. The van der Waals surface area contributed by atoms with Crippen LogP contribution in [0.5, 0.6) is 0 Å². The molecule has 0 unspecified atom stereocenters. The molecule has 1 aromatic heterocycles. The van der Waals surface area contributed by atoms with Crippen LogP contribution in [0.15, 0.2) is 16.7 Å². The van der Waals surface area contributed by atoms with Gasteiger partial charge in [0, 0.05) is 13.1 Å². The van der Waals surface area contributed by atoms with Crippen molar-refractivity contribution in [2.75, 3.05) is 13.1 Å². The molecule has 0 aliphatic carbocycles. The zero-order valence-electron chi connectivity index (χ0n) is 8.27. The quantitative estimate of drug-likeness (QED) is 0.780. The Bertz CT molecular complexity index is 403. The zero-order valence-corrected chi connectivity index (χ0v) is 8.27. The standard InChI is InChI=1S/C10H11NO4/c1-6-2-7(5-15-6)9(12)11-3-8(4-11)10(13)14/h2,5,8H,3-4H2,1H3,(H,13,14). The van der Waals surface area contributed by atoms with Crippen molar-refractivity contribution in [2.24, 2.45) is 5.92 Å². The summed E-state index contributed by atoms with van der Waals surface area (Å²) in [5.74, 6) is -0.748. The summed E-state index contributed by atoms with van der Waals surface area (Å²) in [5.41, 5.74) is 0.483. The number of carbonyl (C=O) groups is 2. The van der Waals surface area contributed by atoms with Crippen molar-refractivity contribution in [1.29, 1.82) is 0 Å². The molecule has 0 radical (unpaired) electrons. The maximum atomic E-state index is 11.7. The number of aliphatic carboxylic acids is 1. The number of carboxylic acids is 1. The Morgan fingerprint density at radius 3 is 2.67 bits per heavy atom. The first-order chi connectivity index (χ1) is 7.08. The number of hydrogen-bond donors (Lipinski definition) is 1. The summed E-state index contributed by atoms with van der Waals surface area (Å²) in [6, 6.07) is 1.65. The molecule has 5 heteroatoms. The van der Waals surface area contributed by atoms with Gasteiger partial charge in [0.05, 0.1) is 11.5 Å². The fraction of sp³-hybridized carbons (Fsp3) is 0.400. The summed E-state index contributed by atoms with van der Waals surface area (Å²) < 4.78 is 5.01. The highest BCUT2D eigenvalue weighted by Gasteiger charge is 2.36. The van der Waals surface area contributed by atoms with Crippen LogP contribution in [-0.4, -0.2) is 35.0 Å². The molecule has 1 fully saturated rings. The normalized spacial score (nSPS) is 16.2. The van der Waals surface area contributed by atoms with Crippen LogP contribution < -0.4 is 0 Å². The third-order valence-corrected chi connectivity index (χ3v) is 2.50. The van der Waals surface area contributed by atoms with Crippen molar-refractivity contribution in [2.45, 2.75) is 6.92 Å². The molecule has 0 bridgehead atoms. The van der Waals surface area contributed by atoms with E-state index in [1.54, 1.807) is 13.0 Å². The highest BCUT2D eigenvalue weighted by Crippen LogP contribution is 2.19. The molecule has 15 heavy (non-hydrogen) atoms. The highest BCUT2D eigenvalue weighted by atomic mass is 16.4. The highest BCUT2D eigenvalue weighted by molar-refractivity contribution is 5.95. The molecular weight excluding hydrogens is 198 g/mol. The first-order valence-corrected chi connectivity index (χ1v) is 4.65. The number of carboxylic acid groups (broad SMARTS) is 1. The van der Waals surface area contributed by atoms with Crippen molar-refractivity contribution < 1.29 is 19.1 Å². The Kier molecular flexibility index (Phi) is 2.22. The number of hydrogen-bond acceptors (Lipinski definition) is 3. The largest absolute Gasteiger partial charge is 0.481 e. The average molecular weight is 209 g/mol. The summed E-state index contributed by atoms with van der Waals surface area (Å²) in [4.78, 5) is 23.7. The van der Waals surface area contributed by atoms with E-state index in [2.05, 4.69) is 0 Å². The number of rotatable bonds is 2. The average Bonchev–Trinajstić information content (AvgIpc) is 2.48. The lowest BCUT2D eigenvalue weighted by molar-refractivity contribution is -0.146. The van der Waals surface area contributed by atoms with E-state index in [-0.39, 0.29) is 5.91 Å². The molecule has 5 nitrogen and oxygen atoms in total. The summed E-state index contributed by atoms with van der Waals surface area (Å²) in [6.07, 6.45) is 1.39. The number of amides is 1. The van der Waals surface area contributed by atoms with Crippen LogP contribution in [0.3, 0.4) is 0 Å². The Morgan fingerprint density at radius 1 is 1.53 bits per heavy atom. The summed E-state index contributed by atoms with van der Waals surface area (Å²) in [6.45, 7) is 2.34. The van der Waals surface area contributed by atoms with Gasteiger partial charge in [-0.3, -0.25) is 9.59 Å². The second-order valence-corrected chi connectivity index (χ2v) is 3.69. The molecule has 1 aromatic rings. The van der Waals surface area contributed by atoms with E-state index in [1.165, 1.54) is 11.2 Å². The topological polar surface area (TPSA) is 70.8 Å². The molecule has 1 N–H and O–H groups in total. The molecular formula is C10H11NO4. The monoisotopic (exact) mass is 209 g/mol. The van der Waals surface area contributed by atoms with Gasteiger partial charge >= 0.3 is 5.97 Å². The molecule has 0 aromatic carbocycles. The van der Waals surface area contributed by atoms with Crippen LogP contribution in [0, 0.1) is 12.8 Å². The molecule has 0 saturated carbocycles. The first-order valence-electron chi connectivity index (χ1n) is 4.65. The number of carbonyl (C=O) groups excluding carboxylic acids is 1. The van der Waals surface area contributed by atoms with Gasteiger partial charge in [0.1, 0.15) is 12.0 Å². The lowest BCUT2D eigenvalue weighted by Gasteiger charge is -2.36. The third-order valence-electron chi connectivity index (χ3n) is 2.50. The predicted molar refractivity (Wildman–Crippen MR) is 50.5 cm³/mol. The van der Waals surface area contributed by atoms with Gasteiger partial charge < -0.3 is 14.4 Å². The van der Waals surface area contributed by atoms with Gasteiger partial charge in [-0.25, -0.2) is 0 Å². The van der Waals surface area contributed by atoms with Gasteiger partial charge in [-0.2, -0.15) is 0 Å². The van der Waals surface area contributed by atoms with Crippen LogP contribution in [0.25, 0.3) is 0 Å². The second-order valence-electron chi connectivity index (χ2n) is 3.69. The molecule has 1 aliphatic heterocycles. The molecule has 2 rings (SSSR count). The van der Waals surface area contributed by atoms with Crippen LogP contribution in [-0.2, 0) is 4.79 Å². The molecule has 0 spiro atoms. The number of nitrogens with zero attached hydrogens (tertiary/aromatic N) is 1. The van der Waals surface area contributed by atoms with Gasteiger partial charge in [0.2, 0.25) is 0 Å². The van der Waals surface area contributed by atoms with Crippen molar-refractivity contribution >= 4 is 11.9 Å². The van der Waals surface area contributed by atoms with E-state index in [4.69, 9.17) is 9.52 Å². The van der Waals surface area contributed by atoms with Gasteiger partial charge in [-0.15, -0.1) is 0 Å². The van der Waals surface area contributed by atoms with E-state index in [1.807, 2.05) is 0 Å². The van der Waals surface area contributed by atoms with Crippen molar-refractivity contribution in [3.05, 3.63) is 23.7 Å². The molecule has 80 valence electrons. The van der Waals surface area contributed by atoms with Crippen LogP contribution >= 0.6 is 0 Å². The smallest absolute Gasteiger partial charge is 0.310 e. The second kappa shape index (κ2) is 3.42. The van der Waals surface area contributed by atoms with E-state index >= 15 is 0 Å². The SMILES string of the molecule is Cc1cc(C(=O)N2CC(C(=O)O)C2)co1. The van der Waals surface area contributed by atoms with Crippen molar-refractivity contribution in [3.8, 4) is 0 Å². The van der Waals surface area contributed by atoms with Crippen LogP contribution in [0.4, 0.5) is 0 Å². The molecule has 1 amide bonds. The molecule has 2 heterocycles. The Balaban J connectivity index is 1.97. The molecule has 0 atom stereocenters. The lowest BCUT2D eigenvalue weighted by atomic mass is 10.00. The third kappa shape index (κ3) is 1.72. The lowest BCUT2D eigenvalue weighted by Crippen LogP contribution is -2.52. The Morgan fingerprint density at radius 2 is 2.20 bits per heavy atom. The van der Waals surface area contributed by atoms with Gasteiger partial charge in [0.25, 0.3) is 5.91 Å². The minimum atomic E-state index is -0.845. The minimum Gasteiger partial charge on any atom is -0.481 e. The van der Waals surface area contributed by atoms with Crippen LogP contribution in [0.2, 0.25) is 0 Å². The van der Waals surface area contributed by atoms with Crippen molar-refractivity contribution in [3.63, 3.8) is 0 Å². The number of aryl methyl sites for hydroxylation is 1. The Hall–Kier alpha value is -1.78. The van der Waals surface area contributed by atoms with Gasteiger partial charge in [0.15, 0.2) is 0 Å². The van der Waals surface area contributed by atoms with E-state index in [0.717, 1.165) is 0 Å². The van der Waals surface area contributed by atoms with Gasteiger partial charge in [-0.05, 0) is 13.0 Å². The van der Waals surface area contributed by atoms with Crippen LogP contribution in [0.1, 0.15) is 16.1 Å². The van der Waals surface area contributed by atoms with Gasteiger partial charge in [-0.1, -0.05) is 0 Å². The summed E-state index contributed by atoms with van der Waals surface area (Å²) in [7, 11) is 0. The van der Waals surface area contributed by atoms with E-state index in [9.17, 15) is 9.59 Å². The van der Waals surface area contributed by atoms with E-state index < -0.39 is 11.9 Å². The predicted octanol–water partition coefficient (Wildman–Crippen LogP) is 0.745. The summed E-state index contributed by atoms with van der Waals surface area (Å²) in [5, 5.41) is 8.65. The molecule has 1 saturated heterocycles. The summed E-state index contributed by atoms with van der Waals surface area (Å²) >= 11 is 0. The maximum Gasteiger partial charge on any atom is 0.310 e. The minimum absolute atomic E-state index is 0.163. The van der Waals surface area contributed by atoms with E-state index in [0.29, 0.717) is 24.4 Å². The Labute approximate surface area is 86.3 Å². The first kappa shape index (κ1) is 9.76. The zero-order chi connectivity index (χ0) is 11.0. The maximum absolute atomic E-state index is 11.7. The number of likely N-dealkylation sites (tertiary alicyclic amines) is 1. The number of furan rings is 1.